The SMILES string of the molecule is CCCCCCCCC[C@@H](C)/C(N)=C\C(=O)O. The second-order valence-corrected chi connectivity index (χ2v) is 4.79. The number of hydrogen-bond acceptors (Lipinski definition) is 2. The molecule has 0 fully saturated rings. The summed E-state index contributed by atoms with van der Waals surface area (Å²) in [6.45, 7) is 4.21. The molecule has 100 valence electrons. The van der Waals surface area contributed by atoms with E-state index in [1.165, 1.54) is 38.5 Å². The predicted octanol–water partition coefficient (Wildman–Crippen LogP) is 3.69. The van der Waals surface area contributed by atoms with Crippen molar-refractivity contribution < 1.29 is 9.90 Å². The fourth-order valence-corrected chi connectivity index (χ4v) is 1.86. The molecule has 0 heterocycles. The van der Waals surface area contributed by atoms with Crippen LogP contribution in [-0.2, 0) is 4.79 Å². The van der Waals surface area contributed by atoms with Gasteiger partial charge in [-0.3, -0.25) is 0 Å². The Morgan fingerprint density at radius 1 is 1.18 bits per heavy atom. The summed E-state index contributed by atoms with van der Waals surface area (Å²) in [5, 5.41) is 8.57. The third-order valence-electron chi connectivity index (χ3n) is 3.10. The van der Waals surface area contributed by atoms with Crippen LogP contribution in [0.1, 0.15) is 65.2 Å². The molecule has 0 rings (SSSR count). The van der Waals surface area contributed by atoms with Gasteiger partial charge in [0.25, 0.3) is 0 Å². The van der Waals surface area contributed by atoms with E-state index in [2.05, 4.69) is 6.92 Å². The summed E-state index contributed by atoms with van der Waals surface area (Å²) in [6.07, 6.45) is 11.1. The van der Waals surface area contributed by atoms with E-state index < -0.39 is 5.97 Å². The first-order valence-electron chi connectivity index (χ1n) is 6.78. The summed E-state index contributed by atoms with van der Waals surface area (Å²) in [7, 11) is 0. The van der Waals surface area contributed by atoms with Crippen molar-refractivity contribution in [3.8, 4) is 0 Å². The van der Waals surface area contributed by atoms with Crippen molar-refractivity contribution in [2.75, 3.05) is 0 Å². The van der Waals surface area contributed by atoms with Crippen LogP contribution in [0, 0.1) is 5.92 Å². The first kappa shape index (κ1) is 16.0. The first-order chi connectivity index (χ1) is 8.07. The fraction of sp³-hybridized carbons (Fsp3) is 0.786. The lowest BCUT2D eigenvalue weighted by Crippen LogP contribution is -2.10. The molecule has 0 aromatic heterocycles. The maximum Gasteiger partial charge on any atom is 0.330 e. The van der Waals surface area contributed by atoms with Gasteiger partial charge in [0.2, 0.25) is 0 Å². The average Bonchev–Trinajstić information content (AvgIpc) is 2.26. The molecule has 0 spiro atoms. The summed E-state index contributed by atoms with van der Waals surface area (Å²) in [6, 6.07) is 0. The van der Waals surface area contributed by atoms with Crippen LogP contribution in [0.3, 0.4) is 0 Å². The van der Waals surface area contributed by atoms with Crippen molar-refractivity contribution in [3.05, 3.63) is 11.8 Å². The van der Waals surface area contributed by atoms with E-state index in [4.69, 9.17) is 10.8 Å². The van der Waals surface area contributed by atoms with Gasteiger partial charge < -0.3 is 10.8 Å². The van der Waals surface area contributed by atoms with E-state index in [1.807, 2.05) is 6.92 Å². The molecule has 3 N–H and O–H groups in total. The molecule has 0 amide bonds. The van der Waals surface area contributed by atoms with Gasteiger partial charge in [0.1, 0.15) is 0 Å². The zero-order valence-electron chi connectivity index (χ0n) is 11.2. The van der Waals surface area contributed by atoms with E-state index in [0.717, 1.165) is 18.9 Å². The van der Waals surface area contributed by atoms with Gasteiger partial charge in [-0.1, -0.05) is 58.8 Å². The van der Waals surface area contributed by atoms with Gasteiger partial charge >= 0.3 is 5.97 Å². The van der Waals surface area contributed by atoms with E-state index >= 15 is 0 Å². The van der Waals surface area contributed by atoms with Crippen molar-refractivity contribution in [3.63, 3.8) is 0 Å². The Kier molecular flexibility index (Phi) is 9.59. The van der Waals surface area contributed by atoms with Crippen molar-refractivity contribution in [1.82, 2.24) is 0 Å². The Balaban J connectivity index is 3.51. The van der Waals surface area contributed by atoms with Gasteiger partial charge in [-0.15, -0.1) is 0 Å². The lowest BCUT2D eigenvalue weighted by atomic mass is 9.99. The van der Waals surface area contributed by atoms with Crippen LogP contribution < -0.4 is 5.73 Å². The van der Waals surface area contributed by atoms with Crippen molar-refractivity contribution in [2.24, 2.45) is 11.7 Å². The average molecular weight is 241 g/mol. The Bertz CT molecular complexity index is 236. The summed E-state index contributed by atoms with van der Waals surface area (Å²) < 4.78 is 0. The largest absolute Gasteiger partial charge is 0.478 e. The number of unbranched alkanes of at least 4 members (excludes halogenated alkanes) is 6. The number of rotatable bonds is 10. The zero-order chi connectivity index (χ0) is 13.1. The molecule has 0 saturated carbocycles. The Morgan fingerprint density at radius 3 is 2.24 bits per heavy atom. The van der Waals surface area contributed by atoms with Gasteiger partial charge in [0.05, 0.1) is 0 Å². The molecule has 0 aliphatic heterocycles. The molecular formula is C14H27NO2. The molecule has 0 aliphatic carbocycles. The van der Waals surface area contributed by atoms with Crippen LogP contribution in [0.5, 0.6) is 0 Å². The fourth-order valence-electron chi connectivity index (χ4n) is 1.86. The third kappa shape index (κ3) is 9.91. The highest BCUT2D eigenvalue weighted by atomic mass is 16.4. The molecule has 0 saturated heterocycles. The summed E-state index contributed by atoms with van der Waals surface area (Å²) in [4.78, 5) is 10.4. The molecule has 1 atom stereocenters. The van der Waals surface area contributed by atoms with Crippen molar-refractivity contribution >= 4 is 5.97 Å². The van der Waals surface area contributed by atoms with Crippen LogP contribution in [0.2, 0.25) is 0 Å². The van der Waals surface area contributed by atoms with E-state index in [1.54, 1.807) is 0 Å². The molecule has 3 heteroatoms. The highest BCUT2D eigenvalue weighted by Gasteiger charge is 2.06. The van der Waals surface area contributed by atoms with E-state index in [0.29, 0.717) is 5.70 Å². The number of aliphatic carboxylic acids is 1. The minimum absolute atomic E-state index is 0.182. The third-order valence-corrected chi connectivity index (χ3v) is 3.10. The smallest absolute Gasteiger partial charge is 0.330 e. The number of allylic oxidation sites excluding steroid dienone is 1. The molecule has 0 aromatic carbocycles. The standard InChI is InChI=1S/C14H27NO2/c1-3-4-5-6-7-8-9-10-12(2)13(15)11-14(16)17/h11-12H,3-10,15H2,1-2H3,(H,16,17)/b13-11+/t12-/m1/s1. The van der Waals surface area contributed by atoms with Crippen LogP contribution in [0.4, 0.5) is 0 Å². The van der Waals surface area contributed by atoms with Gasteiger partial charge in [-0.05, 0) is 12.3 Å². The zero-order valence-corrected chi connectivity index (χ0v) is 11.2. The quantitative estimate of drug-likeness (QED) is 0.453. The monoisotopic (exact) mass is 241 g/mol. The Morgan fingerprint density at radius 2 is 1.71 bits per heavy atom. The van der Waals surface area contributed by atoms with Gasteiger partial charge in [0, 0.05) is 11.8 Å². The van der Waals surface area contributed by atoms with Crippen molar-refractivity contribution in [2.45, 2.75) is 65.2 Å². The highest BCUT2D eigenvalue weighted by molar-refractivity contribution is 5.80. The molecule has 0 aromatic rings. The van der Waals surface area contributed by atoms with E-state index in [9.17, 15) is 4.79 Å². The predicted molar refractivity (Wildman–Crippen MR) is 71.7 cm³/mol. The maximum atomic E-state index is 10.4. The lowest BCUT2D eigenvalue weighted by molar-refractivity contribution is -0.131. The summed E-state index contributed by atoms with van der Waals surface area (Å²) >= 11 is 0. The number of carbonyl (C=O) groups is 1. The van der Waals surface area contributed by atoms with Crippen LogP contribution in [0.15, 0.2) is 11.8 Å². The molecule has 0 aliphatic rings. The Labute approximate surface area is 105 Å². The van der Waals surface area contributed by atoms with Crippen LogP contribution in [0.25, 0.3) is 0 Å². The minimum atomic E-state index is -0.950. The van der Waals surface area contributed by atoms with Gasteiger partial charge in [0.15, 0.2) is 0 Å². The second-order valence-electron chi connectivity index (χ2n) is 4.79. The molecular weight excluding hydrogens is 214 g/mol. The summed E-state index contributed by atoms with van der Waals surface area (Å²) in [5.74, 6) is -0.768. The van der Waals surface area contributed by atoms with E-state index in [-0.39, 0.29) is 5.92 Å². The first-order valence-corrected chi connectivity index (χ1v) is 6.78. The number of hydrogen-bond donors (Lipinski definition) is 2. The number of carboxylic acid groups (broad SMARTS) is 1. The lowest BCUT2D eigenvalue weighted by Gasteiger charge is -2.11. The molecule has 17 heavy (non-hydrogen) atoms. The van der Waals surface area contributed by atoms with Crippen LogP contribution >= 0.6 is 0 Å². The molecule has 0 unspecified atom stereocenters. The Hall–Kier alpha value is -0.990. The van der Waals surface area contributed by atoms with Crippen molar-refractivity contribution in [1.29, 1.82) is 0 Å². The number of nitrogens with two attached hydrogens (primary N) is 1. The second kappa shape index (κ2) is 10.2. The summed E-state index contributed by atoms with van der Waals surface area (Å²) in [5.41, 5.74) is 6.17. The van der Waals surface area contributed by atoms with Gasteiger partial charge in [-0.25, -0.2) is 4.79 Å². The number of carboxylic acids is 1. The maximum absolute atomic E-state index is 10.4. The molecule has 3 nitrogen and oxygen atoms in total. The van der Waals surface area contributed by atoms with Gasteiger partial charge in [-0.2, -0.15) is 0 Å². The topological polar surface area (TPSA) is 63.3 Å². The van der Waals surface area contributed by atoms with Crippen LogP contribution in [-0.4, -0.2) is 11.1 Å². The molecule has 0 bridgehead atoms. The highest BCUT2D eigenvalue weighted by Crippen LogP contribution is 2.16. The molecule has 0 radical (unpaired) electrons. The minimum Gasteiger partial charge on any atom is -0.478 e. The normalized spacial score (nSPS) is 13.6.